The summed E-state index contributed by atoms with van der Waals surface area (Å²) in [4.78, 5) is 22.7. The van der Waals surface area contributed by atoms with Crippen LogP contribution in [0.5, 0.6) is 0 Å². The number of hydrogen-bond acceptors (Lipinski definition) is 3. The molecule has 1 unspecified atom stereocenters. The van der Waals surface area contributed by atoms with Crippen molar-refractivity contribution >= 4 is 11.9 Å². The first-order valence-corrected chi connectivity index (χ1v) is 6.40. The first-order valence-electron chi connectivity index (χ1n) is 6.40. The van der Waals surface area contributed by atoms with Crippen LogP contribution in [0.25, 0.3) is 0 Å². The molecule has 1 saturated carbocycles. The van der Waals surface area contributed by atoms with Gasteiger partial charge in [-0.05, 0) is 38.6 Å². The van der Waals surface area contributed by atoms with Crippen LogP contribution in [0.2, 0.25) is 0 Å². The summed E-state index contributed by atoms with van der Waals surface area (Å²) in [6.07, 6.45) is 4.04. The Labute approximate surface area is 101 Å². The lowest BCUT2D eigenvalue weighted by Gasteiger charge is -2.23. The number of carboxylic acid groups (broad SMARTS) is 1. The van der Waals surface area contributed by atoms with E-state index >= 15 is 0 Å². The molecule has 1 aliphatic heterocycles. The van der Waals surface area contributed by atoms with Crippen LogP contribution in [-0.2, 0) is 9.59 Å². The summed E-state index contributed by atoms with van der Waals surface area (Å²) < 4.78 is 0. The van der Waals surface area contributed by atoms with E-state index in [0.29, 0.717) is 12.8 Å². The summed E-state index contributed by atoms with van der Waals surface area (Å²) in [5.41, 5.74) is 0. The Morgan fingerprint density at radius 1 is 1.18 bits per heavy atom. The molecule has 5 heteroatoms. The van der Waals surface area contributed by atoms with Gasteiger partial charge in [-0.15, -0.1) is 0 Å². The fourth-order valence-electron chi connectivity index (χ4n) is 2.73. The van der Waals surface area contributed by atoms with Crippen molar-refractivity contribution in [2.24, 2.45) is 11.8 Å². The molecule has 1 saturated heterocycles. The molecule has 0 bridgehead atoms. The van der Waals surface area contributed by atoms with Gasteiger partial charge >= 0.3 is 5.97 Å². The molecule has 0 radical (unpaired) electrons. The maximum atomic E-state index is 11.9. The number of hydrogen-bond donors (Lipinski definition) is 3. The maximum Gasteiger partial charge on any atom is 0.306 e. The summed E-state index contributed by atoms with van der Waals surface area (Å²) in [5.74, 6) is -0.855. The number of piperidine rings is 1. The van der Waals surface area contributed by atoms with Gasteiger partial charge < -0.3 is 15.7 Å². The molecule has 96 valence electrons. The van der Waals surface area contributed by atoms with E-state index < -0.39 is 5.97 Å². The summed E-state index contributed by atoms with van der Waals surface area (Å²) >= 11 is 0. The minimum Gasteiger partial charge on any atom is -0.481 e. The maximum absolute atomic E-state index is 11.9. The van der Waals surface area contributed by atoms with E-state index in [1.165, 1.54) is 0 Å². The lowest BCUT2D eigenvalue weighted by Crippen LogP contribution is -2.43. The first-order chi connectivity index (χ1) is 8.16. The monoisotopic (exact) mass is 240 g/mol. The van der Waals surface area contributed by atoms with Gasteiger partial charge in [-0.2, -0.15) is 0 Å². The molecular weight excluding hydrogens is 220 g/mol. The average molecular weight is 240 g/mol. The van der Waals surface area contributed by atoms with Gasteiger partial charge in [0.05, 0.1) is 11.8 Å². The molecule has 2 aliphatic rings. The smallest absolute Gasteiger partial charge is 0.306 e. The number of rotatable bonds is 3. The van der Waals surface area contributed by atoms with E-state index in [-0.39, 0.29) is 23.8 Å². The van der Waals surface area contributed by atoms with Crippen molar-refractivity contribution in [3.8, 4) is 0 Å². The molecule has 2 fully saturated rings. The highest BCUT2D eigenvalue weighted by Crippen LogP contribution is 2.26. The van der Waals surface area contributed by atoms with Gasteiger partial charge in [0, 0.05) is 12.6 Å². The first kappa shape index (κ1) is 12.4. The van der Waals surface area contributed by atoms with Crippen LogP contribution in [0.15, 0.2) is 0 Å². The van der Waals surface area contributed by atoms with Crippen molar-refractivity contribution in [2.75, 3.05) is 13.1 Å². The van der Waals surface area contributed by atoms with E-state index in [2.05, 4.69) is 10.6 Å². The molecule has 1 heterocycles. The number of nitrogens with one attached hydrogen (secondary N) is 2. The zero-order valence-electron chi connectivity index (χ0n) is 9.95. The van der Waals surface area contributed by atoms with Gasteiger partial charge in [-0.25, -0.2) is 0 Å². The topological polar surface area (TPSA) is 78.4 Å². The zero-order chi connectivity index (χ0) is 12.3. The molecule has 17 heavy (non-hydrogen) atoms. The Morgan fingerprint density at radius 3 is 2.59 bits per heavy atom. The summed E-state index contributed by atoms with van der Waals surface area (Å²) in [6.45, 7) is 1.75. The minimum atomic E-state index is -0.735. The molecule has 3 N–H and O–H groups in total. The van der Waals surface area contributed by atoms with Gasteiger partial charge in [0.25, 0.3) is 0 Å². The van der Waals surface area contributed by atoms with Gasteiger partial charge in [0.15, 0.2) is 0 Å². The molecule has 1 amide bonds. The molecule has 0 aromatic rings. The van der Waals surface area contributed by atoms with Gasteiger partial charge in [-0.1, -0.05) is 0 Å². The third kappa shape index (κ3) is 3.19. The van der Waals surface area contributed by atoms with E-state index in [1.54, 1.807) is 0 Å². The van der Waals surface area contributed by atoms with E-state index in [0.717, 1.165) is 32.4 Å². The zero-order valence-corrected chi connectivity index (χ0v) is 9.95. The Kier molecular flexibility index (Phi) is 3.99. The van der Waals surface area contributed by atoms with Gasteiger partial charge in [-0.3, -0.25) is 9.59 Å². The number of carboxylic acids is 1. The van der Waals surface area contributed by atoms with Crippen molar-refractivity contribution in [3.05, 3.63) is 0 Å². The van der Waals surface area contributed by atoms with Gasteiger partial charge in [0.2, 0.25) is 5.91 Å². The van der Waals surface area contributed by atoms with Crippen molar-refractivity contribution < 1.29 is 14.7 Å². The SMILES string of the molecule is O=C(N[C@H]1CC[C@@H](C(=O)O)C1)C1CCCNC1. The molecule has 0 aromatic heterocycles. The highest BCUT2D eigenvalue weighted by atomic mass is 16.4. The Hall–Kier alpha value is -1.10. The van der Waals surface area contributed by atoms with Gasteiger partial charge in [0.1, 0.15) is 0 Å². The molecular formula is C12H20N2O3. The van der Waals surface area contributed by atoms with Crippen molar-refractivity contribution in [1.82, 2.24) is 10.6 Å². The second-order valence-corrected chi connectivity index (χ2v) is 5.10. The predicted octanol–water partition coefficient (Wildman–Crippen LogP) is 0.355. The number of carbonyl (C=O) groups is 2. The average Bonchev–Trinajstić information content (AvgIpc) is 2.79. The van der Waals surface area contributed by atoms with Crippen LogP contribution in [0.1, 0.15) is 32.1 Å². The standard InChI is InChI=1S/C12H20N2O3/c15-11(9-2-1-5-13-7-9)14-10-4-3-8(6-10)12(16)17/h8-10,13H,1-7H2,(H,14,15)(H,16,17)/t8-,9?,10+/m1/s1. The van der Waals surface area contributed by atoms with Crippen LogP contribution in [0, 0.1) is 11.8 Å². The van der Waals surface area contributed by atoms with Crippen LogP contribution in [0.3, 0.4) is 0 Å². The van der Waals surface area contributed by atoms with E-state index in [1.807, 2.05) is 0 Å². The van der Waals surface area contributed by atoms with Crippen LogP contribution in [-0.4, -0.2) is 36.1 Å². The second-order valence-electron chi connectivity index (χ2n) is 5.10. The van der Waals surface area contributed by atoms with E-state index in [9.17, 15) is 9.59 Å². The number of carbonyl (C=O) groups excluding carboxylic acids is 1. The molecule has 2 rings (SSSR count). The Balaban J connectivity index is 1.77. The highest BCUT2D eigenvalue weighted by Gasteiger charge is 2.32. The molecule has 0 spiro atoms. The molecule has 5 nitrogen and oxygen atoms in total. The number of aliphatic carboxylic acids is 1. The van der Waals surface area contributed by atoms with Crippen LogP contribution < -0.4 is 10.6 Å². The molecule has 3 atom stereocenters. The fourth-order valence-corrected chi connectivity index (χ4v) is 2.73. The summed E-state index contributed by atoms with van der Waals surface area (Å²) in [6, 6.07) is 0.0607. The molecule has 1 aliphatic carbocycles. The summed E-state index contributed by atoms with van der Waals surface area (Å²) in [5, 5.41) is 15.1. The minimum absolute atomic E-state index is 0.0607. The summed E-state index contributed by atoms with van der Waals surface area (Å²) in [7, 11) is 0. The third-order valence-corrected chi connectivity index (χ3v) is 3.80. The van der Waals surface area contributed by atoms with Crippen LogP contribution >= 0.6 is 0 Å². The lowest BCUT2D eigenvalue weighted by atomic mass is 9.98. The largest absolute Gasteiger partial charge is 0.481 e. The second kappa shape index (κ2) is 5.49. The Bertz CT molecular complexity index is 300. The Morgan fingerprint density at radius 2 is 2.00 bits per heavy atom. The molecule has 0 aromatic carbocycles. The third-order valence-electron chi connectivity index (χ3n) is 3.80. The highest BCUT2D eigenvalue weighted by molar-refractivity contribution is 5.79. The van der Waals surface area contributed by atoms with Crippen molar-refractivity contribution in [1.29, 1.82) is 0 Å². The fraction of sp³-hybridized carbons (Fsp3) is 0.833. The quantitative estimate of drug-likeness (QED) is 0.665. The predicted molar refractivity (Wildman–Crippen MR) is 62.5 cm³/mol. The normalized spacial score (nSPS) is 33.3. The van der Waals surface area contributed by atoms with E-state index in [4.69, 9.17) is 5.11 Å². The lowest BCUT2D eigenvalue weighted by molar-refractivity contribution is -0.141. The van der Waals surface area contributed by atoms with Crippen molar-refractivity contribution in [2.45, 2.75) is 38.1 Å². The van der Waals surface area contributed by atoms with Crippen molar-refractivity contribution in [3.63, 3.8) is 0 Å². The van der Waals surface area contributed by atoms with Crippen LogP contribution in [0.4, 0.5) is 0 Å². The number of amides is 1.